The zero-order valence-corrected chi connectivity index (χ0v) is 18.4. The first-order valence-corrected chi connectivity index (χ1v) is 10.2. The number of para-hydroxylation sites is 1. The Bertz CT molecular complexity index is 1130. The predicted octanol–water partition coefficient (Wildman–Crippen LogP) is 3.69. The molecule has 3 rings (SSSR count). The molecule has 2 aromatic carbocycles. The molecule has 0 spiro atoms. The number of carbonyl (C=O) groups excluding carboxylic acids is 3. The maximum atomic E-state index is 13.0. The number of amides is 4. The number of nitrogens with one attached hydrogen (secondary N) is 1. The highest BCUT2D eigenvalue weighted by Gasteiger charge is 2.37. The van der Waals surface area contributed by atoms with Crippen LogP contribution >= 0.6 is 0 Å². The number of carbonyl (C=O) groups is 3. The molecule has 0 atom stereocenters. The second-order valence-corrected chi connectivity index (χ2v) is 7.64. The van der Waals surface area contributed by atoms with Crippen molar-refractivity contribution >= 4 is 35.3 Å². The molecule has 1 N–H and O–H groups in total. The molecule has 10 heteroatoms. The molecular formula is C23H23N3O7. The number of hydrogen-bond donors (Lipinski definition) is 1. The Hall–Kier alpha value is -4.21. The fourth-order valence-electron chi connectivity index (χ4n) is 3.14. The van der Waals surface area contributed by atoms with Crippen molar-refractivity contribution in [2.45, 2.75) is 20.3 Å². The average Bonchev–Trinajstić information content (AvgIpc) is 2.77. The maximum Gasteiger partial charge on any atom is 0.335 e. The van der Waals surface area contributed by atoms with Gasteiger partial charge in [0.05, 0.1) is 36.0 Å². The summed E-state index contributed by atoms with van der Waals surface area (Å²) < 4.78 is 11.0. The Morgan fingerprint density at radius 3 is 2.42 bits per heavy atom. The van der Waals surface area contributed by atoms with Crippen molar-refractivity contribution in [1.82, 2.24) is 5.32 Å². The number of nitrogens with zero attached hydrogens (tertiary/aromatic N) is 2. The molecule has 0 aromatic heterocycles. The first-order valence-electron chi connectivity index (χ1n) is 10.2. The van der Waals surface area contributed by atoms with Crippen LogP contribution in [0.1, 0.15) is 25.8 Å². The van der Waals surface area contributed by atoms with E-state index in [0.717, 1.165) is 17.4 Å². The van der Waals surface area contributed by atoms with Gasteiger partial charge >= 0.3 is 6.03 Å². The lowest BCUT2D eigenvalue weighted by molar-refractivity contribution is -0.385. The normalized spacial score (nSPS) is 15.1. The van der Waals surface area contributed by atoms with Gasteiger partial charge in [-0.1, -0.05) is 32.0 Å². The van der Waals surface area contributed by atoms with Crippen LogP contribution in [0.3, 0.4) is 0 Å². The van der Waals surface area contributed by atoms with Crippen LogP contribution in [0.25, 0.3) is 6.08 Å². The second kappa shape index (κ2) is 9.94. The molecule has 2 aromatic rings. The molecule has 0 saturated carbocycles. The van der Waals surface area contributed by atoms with Gasteiger partial charge in [0, 0.05) is 0 Å². The summed E-state index contributed by atoms with van der Waals surface area (Å²) in [7, 11) is 1.38. The van der Waals surface area contributed by atoms with Crippen molar-refractivity contribution in [3.05, 3.63) is 63.7 Å². The van der Waals surface area contributed by atoms with Gasteiger partial charge in [-0.15, -0.1) is 0 Å². The lowest BCUT2D eigenvalue weighted by Crippen LogP contribution is -2.54. The zero-order chi connectivity index (χ0) is 24.1. The van der Waals surface area contributed by atoms with Crippen LogP contribution in [0.2, 0.25) is 0 Å². The number of benzene rings is 2. The number of barbiturate groups is 1. The monoisotopic (exact) mass is 453 g/mol. The highest BCUT2D eigenvalue weighted by molar-refractivity contribution is 6.39. The van der Waals surface area contributed by atoms with E-state index in [-0.39, 0.29) is 28.4 Å². The summed E-state index contributed by atoms with van der Waals surface area (Å²) in [5.74, 6) is -1.10. The highest BCUT2D eigenvalue weighted by Crippen LogP contribution is 2.36. The van der Waals surface area contributed by atoms with Crippen LogP contribution < -0.4 is 19.7 Å². The Morgan fingerprint density at radius 2 is 1.82 bits per heavy atom. The molecule has 0 bridgehead atoms. The molecule has 10 nitrogen and oxygen atoms in total. The third kappa shape index (κ3) is 5.17. The summed E-state index contributed by atoms with van der Waals surface area (Å²) >= 11 is 0. The summed E-state index contributed by atoms with van der Waals surface area (Å²) in [6.07, 6.45) is 1.80. The van der Waals surface area contributed by atoms with E-state index in [1.807, 2.05) is 13.8 Å². The minimum atomic E-state index is -0.956. The van der Waals surface area contributed by atoms with Crippen LogP contribution in [0.5, 0.6) is 11.5 Å². The first kappa shape index (κ1) is 23.5. The zero-order valence-electron chi connectivity index (χ0n) is 18.4. The summed E-state index contributed by atoms with van der Waals surface area (Å²) in [6, 6.07) is 9.62. The molecule has 1 saturated heterocycles. The van der Waals surface area contributed by atoms with Crippen molar-refractivity contribution < 1.29 is 28.8 Å². The van der Waals surface area contributed by atoms with Crippen LogP contribution in [0, 0.1) is 16.0 Å². The number of anilines is 1. The van der Waals surface area contributed by atoms with Crippen molar-refractivity contribution in [3.8, 4) is 11.5 Å². The smallest absolute Gasteiger partial charge is 0.335 e. The molecule has 1 aliphatic heterocycles. The van der Waals surface area contributed by atoms with E-state index in [1.54, 1.807) is 18.2 Å². The average molecular weight is 453 g/mol. The summed E-state index contributed by atoms with van der Waals surface area (Å²) in [4.78, 5) is 49.6. The molecule has 4 amide bonds. The Kier molecular flexibility index (Phi) is 7.07. The fraction of sp³-hybridized carbons (Fsp3) is 0.261. The van der Waals surface area contributed by atoms with Gasteiger partial charge in [-0.2, -0.15) is 0 Å². The number of urea groups is 1. The Balaban J connectivity index is 2.04. The molecule has 0 aliphatic carbocycles. The van der Waals surface area contributed by atoms with Gasteiger partial charge in [0.15, 0.2) is 11.5 Å². The Labute approximate surface area is 189 Å². The van der Waals surface area contributed by atoms with E-state index in [4.69, 9.17) is 9.47 Å². The number of ether oxygens (including phenoxy) is 2. The molecule has 1 fully saturated rings. The molecule has 1 heterocycles. The summed E-state index contributed by atoms with van der Waals surface area (Å²) in [5.41, 5.74) is -0.614. The molecule has 172 valence electrons. The van der Waals surface area contributed by atoms with Crippen molar-refractivity contribution in [2.24, 2.45) is 5.92 Å². The van der Waals surface area contributed by atoms with Crippen LogP contribution in [0.4, 0.5) is 16.2 Å². The SMILES string of the molecule is COc1cc(/C=C2\C(=O)NC(=O)N(c3ccccc3)C2=O)c([N+](=O)[O-])cc1OCCC(C)C. The fourth-order valence-corrected chi connectivity index (χ4v) is 3.14. The molecule has 33 heavy (non-hydrogen) atoms. The molecular weight excluding hydrogens is 430 g/mol. The quantitative estimate of drug-likeness (QED) is 0.279. The third-order valence-corrected chi connectivity index (χ3v) is 4.88. The molecule has 1 aliphatic rings. The first-order chi connectivity index (χ1) is 15.7. The lowest BCUT2D eigenvalue weighted by Gasteiger charge is -2.26. The van der Waals surface area contributed by atoms with E-state index in [9.17, 15) is 24.5 Å². The minimum absolute atomic E-state index is 0.0473. The van der Waals surface area contributed by atoms with Crippen molar-refractivity contribution in [1.29, 1.82) is 0 Å². The molecule has 0 radical (unpaired) electrons. The Morgan fingerprint density at radius 1 is 1.12 bits per heavy atom. The molecule has 0 unspecified atom stereocenters. The summed E-state index contributed by atoms with van der Waals surface area (Å²) in [6.45, 7) is 4.38. The summed E-state index contributed by atoms with van der Waals surface area (Å²) in [5, 5.41) is 13.8. The van der Waals surface area contributed by atoms with Gasteiger partial charge in [-0.3, -0.25) is 25.0 Å². The largest absolute Gasteiger partial charge is 0.493 e. The topological polar surface area (TPSA) is 128 Å². The van der Waals surface area contributed by atoms with E-state index in [0.29, 0.717) is 12.5 Å². The third-order valence-electron chi connectivity index (χ3n) is 4.88. The number of nitro groups is 1. The van der Waals surface area contributed by atoms with E-state index < -0.39 is 28.3 Å². The number of nitro benzene ring substituents is 1. The predicted molar refractivity (Wildman–Crippen MR) is 120 cm³/mol. The van der Waals surface area contributed by atoms with E-state index in [1.165, 1.54) is 31.4 Å². The van der Waals surface area contributed by atoms with Gasteiger partial charge in [0.1, 0.15) is 5.57 Å². The lowest BCUT2D eigenvalue weighted by atomic mass is 10.0. The number of methoxy groups -OCH3 is 1. The maximum absolute atomic E-state index is 13.0. The number of imide groups is 2. The van der Waals surface area contributed by atoms with Crippen molar-refractivity contribution in [2.75, 3.05) is 18.6 Å². The van der Waals surface area contributed by atoms with Gasteiger partial charge < -0.3 is 9.47 Å². The van der Waals surface area contributed by atoms with Crippen LogP contribution in [-0.2, 0) is 9.59 Å². The second-order valence-electron chi connectivity index (χ2n) is 7.64. The van der Waals surface area contributed by atoms with Gasteiger partial charge in [-0.05, 0) is 36.6 Å². The standard InChI is InChI=1S/C23H23N3O7/c1-14(2)9-10-33-20-13-18(26(30)31)15(12-19(20)32-3)11-17-21(27)24-23(29)25(22(17)28)16-7-5-4-6-8-16/h4-8,11-14H,9-10H2,1-3H3,(H,24,27,29)/b17-11+. The van der Waals surface area contributed by atoms with Gasteiger partial charge in [0.2, 0.25) is 0 Å². The number of rotatable bonds is 8. The van der Waals surface area contributed by atoms with E-state index >= 15 is 0 Å². The van der Waals surface area contributed by atoms with Crippen LogP contribution in [0.15, 0.2) is 48.0 Å². The van der Waals surface area contributed by atoms with Gasteiger partial charge in [-0.25, -0.2) is 9.69 Å². The van der Waals surface area contributed by atoms with Crippen molar-refractivity contribution in [3.63, 3.8) is 0 Å². The van der Waals surface area contributed by atoms with Crippen LogP contribution in [-0.4, -0.2) is 36.5 Å². The minimum Gasteiger partial charge on any atom is -0.493 e. The highest BCUT2D eigenvalue weighted by atomic mass is 16.6. The van der Waals surface area contributed by atoms with Gasteiger partial charge in [0.25, 0.3) is 17.5 Å². The number of hydrogen-bond acceptors (Lipinski definition) is 7. The van der Waals surface area contributed by atoms with E-state index in [2.05, 4.69) is 5.32 Å².